The van der Waals surface area contributed by atoms with Crippen LogP contribution in [0.3, 0.4) is 0 Å². The lowest BCUT2D eigenvalue weighted by Gasteiger charge is -2.18. The first-order valence-electron chi connectivity index (χ1n) is 31.7. The van der Waals surface area contributed by atoms with E-state index >= 15 is 0 Å². The van der Waals surface area contributed by atoms with Crippen molar-refractivity contribution in [3.63, 3.8) is 0 Å². The Labute approximate surface area is 464 Å². The molecule has 6 nitrogen and oxygen atoms in total. The fraction of sp³-hybridized carbons (Fsp3) is 0.725. The summed E-state index contributed by atoms with van der Waals surface area (Å²) in [6.45, 7) is 6.41. The molecule has 0 amide bonds. The second-order valence-electron chi connectivity index (χ2n) is 20.9. The van der Waals surface area contributed by atoms with Crippen LogP contribution < -0.4 is 0 Å². The van der Waals surface area contributed by atoms with Crippen LogP contribution in [0.15, 0.2) is 97.2 Å². The molecule has 1 unspecified atom stereocenters. The molecule has 0 fully saturated rings. The number of esters is 3. The summed E-state index contributed by atoms with van der Waals surface area (Å²) in [7, 11) is 0. The van der Waals surface area contributed by atoms with Gasteiger partial charge in [-0.15, -0.1) is 0 Å². The largest absolute Gasteiger partial charge is 0.462 e. The van der Waals surface area contributed by atoms with Crippen LogP contribution in [0.5, 0.6) is 0 Å². The normalized spacial score (nSPS) is 12.7. The zero-order chi connectivity index (χ0) is 54.3. The van der Waals surface area contributed by atoms with Gasteiger partial charge in [0.05, 0.1) is 0 Å². The molecule has 0 aromatic carbocycles. The van der Waals surface area contributed by atoms with Crippen molar-refractivity contribution < 1.29 is 28.6 Å². The number of hydrogen-bond acceptors (Lipinski definition) is 6. The molecule has 0 bridgehead atoms. The van der Waals surface area contributed by atoms with E-state index in [9.17, 15) is 14.4 Å². The van der Waals surface area contributed by atoms with Gasteiger partial charge in [-0.25, -0.2) is 0 Å². The fourth-order valence-corrected chi connectivity index (χ4v) is 8.90. The minimum Gasteiger partial charge on any atom is -0.462 e. The van der Waals surface area contributed by atoms with Gasteiger partial charge in [0, 0.05) is 19.3 Å². The van der Waals surface area contributed by atoms with Crippen LogP contribution in [0.4, 0.5) is 0 Å². The predicted octanol–water partition coefficient (Wildman–Crippen LogP) is 21.7. The molecule has 0 heterocycles. The molecule has 6 heteroatoms. The molecule has 430 valence electrons. The lowest BCUT2D eigenvalue weighted by Crippen LogP contribution is -2.30. The highest BCUT2D eigenvalue weighted by Crippen LogP contribution is 2.17. The fourth-order valence-electron chi connectivity index (χ4n) is 8.90. The Morgan fingerprint density at radius 3 is 0.840 bits per heavy atom. The summed E-state index contributed by atoms with van der Waals surface area (Å²) in [5.74, 6) is -0.922. The summed E-state index contributed by atoms with van der Waals surface area (Å²) in [6, 6.07) is 0. The van der Waals surface area contributed by atoms with Gasteiger partial charge in [-0.3, -0.25) is 14.4 Å². The smallest absolute Gasteiger partial charge is 0.306 e. The minimum absolute atomic E-state index is 0.0910. The number of carbonyl (C=O) groups excluding carboxylic acids is 3. The number of unbranched alkanes of at least 4 members (excludes halogenated alkanes) is 30. The molecule has 0 aliphatic rings. The molecule has 75 heavy (non-hydrogen) atoms. The molecule has 0 saturated carbocycles. The van der Waals surface area contributed by atoms with Crippen LogP contribution in [0.25, 0.3) is 0 Å². The molecule has 0 radical (unpaired) electrons. The first-order chi connectivity index (χ1) is 37.0. The van der Waals surface area contributed by atoms with E-state index in [0.717, 1.165) is 103 Å². The van der Waals surface area contributed by atoms with Gasteiger partial charge < -0.3 is 14.2 Å². The van der Waals surface area contributed by atoms with E-state index in [1.807, 2.05) is 0 Å². The van der Waals surface area contributed by atoms with Crippen molar-refractivity contribution in [1.29, 1.82) is 0 Å². The Kier molecular flexibility index (Phi) is 59.8. The number of carbonyl (C=O) groups is 3. The molecule has 0 aliphatic carbocycles. The van der Waals surface area contributed by atoms with Crippen LogP contribution >= 0.6 is 0 Å². The summed E-state index contributed by atoms with van der Waals surface area (Å²) in [4.78, 5) is 38.3. The van der Waals surface area contributed by atoms with Crippen molar-refractivity contribution >= 4 is 17.9 Å². The standard InChI is InChI=1S/C69H118O6/c1-4-7-10-13-16-19-22-25-28-29-30-31-32-33-34-35-36-37-38-39-42-44-47-50-53-56-59-62-68(71)74-65-66(75-69(72)63-60-57-54-51-48-45-41-27-24-21-18-15-12-9-6-3)64-73-67(70)61-58-55-52-49-46-43-40-26-23-20-17-14-11-8-5-2/h7,9-10,12,16,18-19,21,25,27-28,30-31,41,48,51,66H,4-6,8,11,13-15,17,20,22-24,26,29,32-40,42-47,49-50,52-65H2,1-3H3/b10-7-,12-9-,19-16-,21-18-,28-25-,31-30-,41-27-,51-48-. The average Bonchev–Trinajstić information content (AvgIpc) is 3.41. The topological polar surface area (TPSA) is 78.9 Å². The lowest BCUT2D eigenvalue weighted by molar-refractivity contribution is -0.167. The highest BCUT2D eigenvalue weighted by Gasteiger charge is 2.19. The van der Waals surface area contributed by atoms with Crippen LogP contribution in [0.2, 0.25) is 0 Å². The molecule has 0 N–H and O–H groups in total. The first kappa shape index (κ1) is 71.3. The van der Waals surface area contributed by atoms with Gasteiger partial charge in [-0.1, -0.05) is 285 Å². The lowest BCUT2D eigenvalue weighted by atomic mass is 10.0. The maximum absolute atomic E-state index is 12.9. The van der Waals surface area contributed by atoms with Crippen LogP contribution in [-0.4, -0.2) is 37.2 Å². The van der Waals surface area contributed by atoms with E-state index in [1.54, 1.807) is 0 Å². The van der Waals surface area contributed by atoms with E-state index in [0.29, 0.717) is 19.3 Å². The molecule has 0 saturated heterocycles. The van der Waals surface area contributed by atoms with E-state index in [4.69, 9.17) is 14.2 Å². The van der Waals surface area contributed by atoms with Crippen LogP contribution in [0, 0.1) is 0 Å². The number of allylic oxidation sites excluding steroid dienone is 16. The average molecular weight is 1040 g/mol. The monoisotopic (exact) mass is 1040 g/mol. The van der Waals surface area contributed by atoms with Gasteiger partial charge in [0.2, 0.25) is 0 Å². The second-order valence-corrected chi connectivity index (χ2v) is 20.9. The van der Waals surface area contributed by atoms with E-state index in [2.05, 4.69) is 118 Å². The van der Waals surface area contributed by atoms with Gasteiger partial charge in [0.15, 0.2) is 6.10 Å². The third-order valence-electron chi connectivity index (χ3n) is 13.6. The molecular weight excluding hydrogens is 925 g/mol. The molecule has 0 aliphatic heterocycles. The minimum atomic E-state index is -0.798. The Morgan fingerprint density at radius 1 is 0.280 bits per heavy atom. The summed E-state index contributed by atoms with van der Waals surface area (Å²) >= 11 is 0. The highest BCUT2D eigenvalue weighted by molar-refractivity contribution is 5.71. The van der Waals surface area contributed by atoms with Crippen molar-refractivity contribution in [2.24, 2.45) is 0 Å². The summed E-state index contributed by atoms with van der Waals surface area (Å²) in [5, 5.41) is 0. The number of rotatable bonds is 57. The van der Waals surface area contributed by atoms with Crippen molar-refractivity contribution in [2.45, 2.75) is 309 Å². The molecule has 0 spiro atoms. The van der Waals surface area contributed by atoms with Gasteiger partial charge >= 0.3 is 17.9 Å². The zero-order valence-corrected chi connectivity index (χ0v) is 49.3. The maximum atomic E-state index is 12.9. The van der Waals surface area contributed by atoms with Gasteiger partial charge in [-0.2, -0.15) is 0 Å². The number of ether oxygens (including phenoxy) is 3. The third-order valence-corrected chi connectivity index (χ3v) is 13.6. The molecule has 0 rings (SSSR count). The van der Waals surface area contributed by atoms with Gasteiger partial charge in [0.1, 0.15) is 13.2 Å². The van der Waals surface area contributed by atoms with Crippen molar-refractivity contribution in [3.8, 4) is 0 Å². The molecular formula is C69H118O6. The Morgan fingerprint density at radius 2 is 0.520 bits per heavy atom. The predicted molar refractivity (Wildman–Crippen MR) is 325 cm³/mol. The molecule has 0 aromatic heterocycles. The van der Waals surface area contributed by atoms with Gasteiger partial charge in [0.25, 0.3) is 0 Å². The Bertz CT molecular complexity index is 1480. The molecule has 1 atom stereocenters. The van der Waals surface area contributed by atoms with E-state index in [1.165, 1.54) is 154 Å². The second kappa shape index (κ2) is 62.9. The van der Waals surface area contributed by atoms with Gasteiger partial charge in [-0.05, 0) is 96.3 Å². The van der Waals surface area contributed by atoms with Crippen molar-refractivity contribution in [2.75, 3.05) is 13.2 Å². The Hall–Kier alpha value is -3.67. The highest BCUT2D eigenvalue weighted by atomic mass is 16.6. The first-order valence-corrected chi connectivity index (χ1v) is 31.7. The Balaban J connectivity index is 4.30. The molecule has 0 aromatic rings. The summed E-state index contributed by atoms with van der Waals surface area (Å²) in [5.41, 5.74) is 0. The maximum Gasteiger partial charge on any atom is 0.306 e. The third kappa shape index (κ3) is 61.1. The van der Waals surface area contributed by atoms with E-state index in [-0.39, 0.29) is 37.5 Å². The number of hydrogen-bond donors (Lipinski definition) is 0. The zero-order valence-electron chi connectivity index (χ0n) is 49.3. The van der Waals surface area contributed by atoms with Crippen LogP contribution in [-0.2, 0) is 28.6 Å². The summed E-state index contributed by atoms with van der Waals surface area (Å²) < 4.78 is 16.9. The SMILES string of the molecule is CC/C=C\C/C=C\C/C=C\C/C=C\CCCCCCCCCCCCCCCCC(=O)OCC(COC(=O)CCCCCCCCCCCCCCCCC)OC(=O)CCCC/C=C\C/C=C\C/C=C\C/C=C\CC. The van der Waals surface area contributed by atoms with E-state index < -0.39 is 6.10 Å². The van der Waals surface area contributed by atoms with Crippen LogP contribution in [0.1, 0.15) is 303 Å². The summed E-state index contributed by atoms with van der Waals surface area (Å²) in [6.07, 6.45) is 84.2. The quantitative estimate of drug-likeness (QED) is 0.0261. The van der Waals surface area contributed by atoms with Crippen molar-refractivity contribution in [1.82, 2.24) is 0 Å². The van der Waals surface area contributed by atoms with Crippen molar-refractivity contribution in [3.05, 3.63) is 97.2 Å².